The lowest BCUT2D eigenvalue weighted by Crippen LogP contribution is -2.49. The van der Waals surface area contributed by atoms with Crippen molar-refractivity contribution in [1.82, 2.24) is 14.3 Å². The first-order valence-corrected chi connectivity index (χ1v) is 8.81. The SMILES string of the molecule is Cc1cccc(N2CCN(C(=O)Cc3cn4cc(F)ccc4n3)CC2)c1. The highest BCUT2D eigenvalue weighted by Gasteiger charge is 2.22. The van der Waals surface area contributed by atoms with E-state index in [0.29, 0.717) is 24.4 Å². The lowest BCUT2D eigenvalue weighted by atomic mass is 10.2. The van der Waals surface area contributed by atoms with Crippen molar-refractivity contribution in [2.75, 3.05) is 31.1 Å². The number of fused-ring (bicyclic) bond motifs is 1. The molecule has 0 spiro atoms. The summed E-state index contributed by atoms with van der Waals surface area (Å²) in [5.41, 5.74) is 3.77. The van der Waals surface area contributed by atoms with E-state index in [1.165, 1.54) is 23.5 Å². The number of piperazine rings is 1. The third-order valence-corrected chi connectivity index (χ3v) is 4.80. The Bertz CT molecular complexity index is 944. The van der Waals surface area contributed by atoms with Gasteiger partial charge in [-0.1, -0.05) is 12.1 Å². The molecule has 1 amide bonds. The molecule has 0 radical (unpaired) electrons. The number of amides is 1. The van der Waals surface area contributed by atoms with E-state index in [-0.39, 0.29) is 18.1 Å². The Labute approximate surface area is 151 Å². The maximum atomic E-state index is 13.3. The summed E-state index contributed by atoms with van der Waals surface area (Å²) in [6.07, 6.45) is 3.34. The number of nitrogens with zero attached hydrogens (tertiary/aromatic N) is 4. The molecule has 1 aliphatic rings. The van der Waals surface area contributed by atoms with Crippen LogP contribution in [0.4, 0.5) is 10.1 Å². The van der Waals surface area contributed by atoms with Crippen LogP contribution in [0.5, 0.6) is 0 Å². The Balaban J connectivity index is 1.38. The standard InChI is InChI=1S/C20H21FN4O/c1-15-3-2-4-18(11-15)23-7-9-24(10-8-23)20(26)12-17-14-25-13-16(21)5-6-19(25)22-17/h2-6,11,13-14H,7-10,12H2,1H3. The van der Waals surface area contributed by atoms with Gasteiger partial charge in [-0.15, -0.1) is 0 Å². The van der Waals surface area contributed by atoms with Crippen molar-refractivity contribution in [2.45, 2.75) is 13.3 Å². The Hall–Kier alpha value is -2.89. The summed E-state index contributed by atoms with van der Waals surface area (Å²) >= 11 is 0. The van der Waals surface area contributed by atoms with Crippen LogP contribution in [-0.2, 0) is 11.2 Å². The van der Waals surface area contributed by atoms with E-state index < -0.39 is 0 Å². The molecule has 4 rings (SSSR count). The third-order valence-electron chi connectivity index (χ3n) is 4.80. The minimum atomic E-state index is -0.319. The van der Waals surface area contributed by atoms with E-state index >= 15 is 0 Å². The van der Waals surface area contributed by atoms with Crippen molar-refractivity contribution in [3.63, 3.8) is 0 Å². The van der Waals surface area contributed by atoms with Crippen LogP contribution in [0, 0.1) is 12.7 Å². The number of aromatic nitrogens is 2. The molecule has 1 aliphatic heterocycles. The monoisotopic (exact) mass is 352 g/mol. The second kappa shape index (κ2) is 6.78. The second-order valence-corrected chi connectivity index (χ2v) is 6.73. The molecule has 0 atom stereocenters. The van der Waals surface area contributed by atoms with E-state index in [9.17, 15) is 9.18 Å². The minimum absolute atomic E-state index is 0.0674. The highest BCUT2D eigenvalue weighted by molar-refractivity contribution is 5.79. The fourth-order valence-corrected chi connectivity index (χ4v) is 3.41. The molecule has 0 bridgehead atoms. The molecule has 0 aliphatic carbocycles. The Morgan fingerprint density at radius 3 is 2.69 bits per heavy atom. The number of pyridine rings is 1. The lowest BCUT2D eigenvalue weighted by Gasteiger charge is -2.36. The molecule has 5 nitrogen and oxygen atoms in total. The van der Waals surface area contributed by atoms with E-state index in [2.05, 4.69) is 41.1 Å². The maximum Gasteiger partial charge on any atom is 0.228 e. The topological polar surface area (TPSA) is 40.9 Å². The first-order chi connectivity index (χ1) is 12.6. The highest BCUT2D eigenvalue weighted by atomic mass is 19.1. The summed E-state index contributed by atoms with van der Waals surface area (Å²) in [6, 6.07) is 11.4. The number of imidazole rings is 1. The predicted molar refractivity (Wildman–Crippen MR) is 98.8 cm³/mol. The molecule has 0 N–H and O–H groups in total. The number of hydrogen-bond donors (Lipinski definition) is 0. The van der Waals surface area contributed by atoms with E-state index in [1.54, 1.807) is 16.7 Å². The van der Waals surface area contributed by atoms with Crippen LogP contribution in [0.1, 0.15) is 11.3 Å². The van der Waals surface area contributed by atoms with Crippen molar-refractivity contribution < 1.29 is 9.18 Å². The van der Waals surface area contributed by atoms with Crippen LogP contribution in [0.3, 0.4) is 0 Å². The second-order valence-electron chi connectivity index (χ2n) is 6.73. The molecule has 134 valence electrons. The van der Waals surface area contributed by atoms with E-state index in [0.717, 1.165) is 13.1 Å². The quantitative estimate of drug-likeness (QED) is 0.728. The van der Waals surface area contributed by atoms with Gasteiger partial charge in [0.05, 0.1) is 12.1 Å². The van der Waals surface area contributed by atoms with Crippen LogP contribution in [0.25, 0.3) is 5.65 Å². The molecule has 3 heterocycles. The predicted octanol–water partition coefficient (Wildman–Crippen LogP) is 2.67. The van der Waals surface area contributed by atoms with Gasteiger partial charge in [-0.05, 0) is 36.8 Å². The summed E-state index contributed by atoms with van der Waals surface area (Å²) in [6.45, 7) is 5.14. The summed E-state index contributed by atoms with van der Waals surface area (Å²) in [7, 11) is 0. The van der Waals surface area contributed by atoms with Gasteiger partial charge in [-0.25, -0.2) is 9.37 Å². The zero-order valence-corrected chi connectivity index (χ0v) is 14.7. The van der Waals surface area contributed by atoms with E-state index in [1.807, 2.05) is 4.90 Å². The maximum absolute atomic E-state index is 13.3. The fourth-order valence-electron chi connectivity index (χ4n) is 3.41. The van der Waals surface area contributed by atoms with Crippen molar-refractivity contribution in [3.05, 3.63) is 65.9 Å². The van der Waals surface area contributed by atoms with Gasteiger partial charge in [0.25, 0.3) is 0 Å². The summed E-state index contributed by atoms with van der Waals surface area (Å²) in [4.78, 5) is 21.2. The Morgan fingerprint density at radius 1 is 1.12 bits per heavy atom. The van der Waals surface area contributed by atoms with Gasteiger partial charge in [-0.2, -0.15) is 0 Å². The van der Waals surface area contributed by atoms with Gasteiger partial charge in [0, 0.05) is 44.3 Å². The molecule has 6 heteroatoms. The molecule has 0 saturated carbocycles. The van der Waals surface area contributed by atoms with Gasteiger partial charge in [-0.3, -0.25) is 4.79 Å². The first-order valence-electron chi connectivity index (χ1n) is 8.81. The average molecular weight is 352 g/mol. The van der Waals surface area contributed by atoms with Crippen LogP contribution in [0.15, 0.2) is 48.8 Å². The largest absolute Gasteiger partial charge is 0.368 e. The number of halogens is 1. The number of hydrogen-bond acceptors (Lipinski definition) is 3. The van der Waals surface area contributed by atoms with Crippen LogP contribution in [0.2, 0.25) is 0 Å². The molecule has 1 aromatic carbocycles. The van der Waals surface area contributed by atoms with E-state index in [4.69, 9.17) is 0 Å². The molecule has 26 heavy (non-hydrogen) atoms. The first kappa shape index (κ1) is 16.6. The number of benzene rings is 1. The van der Waals surface area contributed by atoms with Crippen molar-refractivity contribution in [1.29, 1.82) is 0 Å². The van der Waals surface area contributed by atoms with Crippen LogP contribution < -0.4 is 4.90 Å². The smallest absolute Gasteiger partial charge is 0.228 e. The van der Waals surface area contributed by atoms with Gasteiger partial charge < -0.3 is 14.2 Å². The molecule has 3 aromatic rings. The molecular formula is C20H21FN4O. The van der Waals surface area contributed by atoms with Gasteiger partial charge in [0.1, 0.15) is 11.5 Å². The van der Waals surface area contributed by atoms with Gasteiger partial charge >= 0.3 is 0 Å². The number of aryl methyl sites for hydroxylation is 1. The van der Waals surface area contributed by atoms with Gasteiger partial charge in [0.15, 0.2) is 0 Å². The normalized spacial score (nSPS) is 14.8. The molecule has 1 fully saturated rings. The highest BCUT2D eigenvalue weighted by Crippen LogP contribution is 2.18. The lowest BCUT2D eigenvalue weighted by molar-refractivity contribution is -0.130. The summed E-state index contributed by atoms with van der Waals surface area (Å²) in [5.74, 6) is -0.252. The number of carbonyl (C=O) groups excluding carboxylic acids is 1. The average Bonchev–Trinajstić information content (AvgIpc) is 3.03. The zero-order valence-electron chi connectivity index (χ0n) is 14.7. The number of rotatable bonds is 3. The van der Waals surface area contributed by atoms with Gasteiger partial charge in [0.2, 0.25) is 5.91 Å². The Morgan fingerprint density at radius 2 is 1.92 bits per heavy atom. The van der Waals surface area contributed by atoms with Crippen LogP contribution >= 0.6 is 0 Å². The molecule has 1 saturated heterocycles. The van der Waals surface area contributed by atoms with Crippen LogP contribution in [-0.4, -0.2) is 46.4 Å². The number of carbonyl (C=O) groups is 1. The third kappa shape index (κ3) is 3.40. The van der Waals surface area contributed by atoms with Crippen molar-refractivity contribution >= 4 is 17.2 Å². The number of anilines is 1. The Kier molecular flexibility index (Phi) is 4.32. The molecule has 0 unspecified atom stereocenters. The summed E-state index contributed by atoms with van der Waals surface area (Å²) in [5, 5.41) is 0. The summed E-state index contributed by atoms with van der Waals surface area (Å²) < 4.78 is 14.9. The molecular weight excluding hydrogens is 331 g/mol. The minimum Gasteiger partial charge on any atom is -0.368 e. The van der Waals surface area contributed by atoms with Crippen molar-refractivity contribution in [3.8, 4) is 0 Å². The van der Waals surface area contributed by atoms with Crippen molar-refractivity contribution in [2.24, 2.45) is 0 Å². The molecule has 2 aromatic heterocycles. The zero-order chi connectivity index (χ0) is 18.1. The fraction of sp³-hybridized carbons (Fsp3) is 0.300.